The van der Waals surface area contributed by atoms with Crippen molar-refractivity contribution in [2.24, 2.45) is 0 Å². The molecule has 0 aromatic heterocycles. The summed E-state index contributed by atoms with van der Waals surface area (Å²) in [5.41, 5.74) is 3.96. The van der Waals surface area contributed by atoms with E-state index < -0.39 is 0 Å². The maximum absolute atomic E-state index is 13.7. The zero-order valence-corrected chi connectivity index (χ0v) is 19.2. The number of benzene rings is 3. The zero-order valence-electron chi connectivity index (χ0n) is 19.2. The summed E-state index contributed by atoms with van der Waals surface area (Å²) in [6, 6.07) is 24.5. The molecule has 1 aliphatic rings. The SMILES string of the molecule is CCCOc1ccc(C2=C(N(CC)c3ccccc3)C(=O)N(c3ccc(C)cc3)C2=O)cc1. The monoisotopic (exact) mass is 440 g/mol. The summed E-state index contributed by atoms with van der Waals surface area (Å²) >= 11 is 0. The molecule has 0 atom stereocenters. The first-order valence-corrected chi connectivity index (χ1v) is 11.3. The van der Waals surface area contributed by atoms with Crippen molar-refractivity contribution >= 4 is 28.8 Å². The van der Waals surface area contributed by atoms with Crippen molar-refractivity contribution in [1.29, 1.82) is 0 Å². The number of imide groups is 1. The van der Waals surface area contributed by atoms with Crippen molar-refractivity contribution in [3.63, 3.8) is 0 Å². The molecule has 1 heterocycles. The fourth-order valence-electron chi connectivity index (χ4n) is 3.97. The van der Waals surface area contributed by atoms with Gasteiger partial charge in [-0.25, -0.2) is 4.90 Å². The van der Waals surface area contributed by atoms with Gasteiger partial charge in [0.15, 0.2) is 0 Å². The number of carbonyl (C=O) groups is 2. The Morgan fingerprint density at radius 3 is 2.09 bits per heavy atom. The number of anilines is 2. The number of para-hydroxylation sites is 1. The predicted octanol–water partition coefficient (Wildman–Crippen LogP) is 5.59. The maximum atomic E-state index is 13.7. The first-order chi connectivity index (χ1) is 16.0. The van der Waals surface area contributed by atoms with Crippen molar-refractivity contribution in [1.82, 2.24) is 0 Å². The molecule has 0 bridgehead atoms. The van der Waals surface area contributed by atoms with E-state index in [-0.39, 0.29) is 11.8 Å². The molecule has 2 amide bonds. The average Bonchev–Trinajstić information content (AvgIpc) is 3.10. The summed E-state index contributed by atoms with van der Waals surface area (Å²) in [7, 11) is 0. The van der Waals surface area contributed by atoms with Crippen LogP contribution in [0.15, 0.2) is 84.6 Å². The summed E-state index contributed by atoms with van der Waals surface area (Å²) in [4.78, 5) is 30.6. The van der Waals surface area contributed by atoms with E-state index in [1.807, 2.05) is 97.6 Å². The number of hydrogen-bond donors (Lipinski definition) is 0. The summed E-state index contributed by atoms with van der Waals surface area (Å²) in [6.45, 7) is 7.18. The maximum Gasteiger partial charge on any atom is 0.282 e. The molecule has 0 aliphatic carbocycles. The van der Waals surface area contributed by atoms with Crippen LogP contribution in [0.4, 0.5) is 11.4 Å². The average molecular weight is 441 g/mol. The molecular weight excluding hydrogens is 412 g/mol. The van der Waals surface area contributed by atoms with E-state index in [2.05, 4.69) is 6.92 Å². The number of ether oxygens (including phenoxy) is 1. The molecule has 0 N–H and O–H groups in total. The summed E-state index contributed by atoms with van der Waals surface area (Å²) < 4.78 is 5.70. The van der Waals surface area contributed by atoms with Gasteiger partial charge in [-0.3, -0.25) is 9.59 Å². The Morgan fingerprint density at radius 1 is 0.818 bits per heavy atom. The first kappa shape index (κ1) is 22.3. The number of nitrogens with zero attached hydrogens (tertiary/aromatic N) is 2. The molecule has 0 unspecified atom stereocenters. The topological polar surface area (TPSA) is 49.9 Å². The lowest BCUT2D eigenvalue weighted by molar-refractivity contribution is -0.120. The van der Waals surface area contributed by atoms with Crippen LogP contribution in [0.25, 0.3) is 5.57 Å². The molecule has 3 aromatic rings. The van der Waals surface area contributed by atoms with Gasteiger partial charge in [-0.05, 0) is 62.2 Å². The van der Waals surface area contributed by atoms with Gasteiger partial charge in [0, 0.05) is 12.2 Å². The predicted molar refractivity (Wildman–Crippen MR) is 132 cm³/mol. The van der Waals surface area contributed by atoms with E-state index in [0.717, 1.165) is 23.4 Å². The number of amides is 2. The Bertz CT molecular complexity index is 1170. The molecule has 168 valence electrons. The Balaban J connectivity index is 1.83. The molecule has 5 heteroatoms. The van der Waals surface area contributed by atoms with Crippen LogP contribution in [0, 0.1) is 6.92 Å². The second-order valence-corrected chi connectivity index (χ2v) is 7.96. The van der Waals surface area contributed by atoms with Gasteiger partial charge in [-0.15, -0.1) is 0 Å². The zero-order chi connectivity index (χ0) is 23.4. The van der Waals surface area contributed by atoms with Crippen molar-refractivity contribution < 1.29 is 14.3 Å². The number of rotatable bonds is 8. The first-order valence-electron chi connectivity index (χ1n) is 11.3. The summed E-state index contributed by atoms with van der Waals surface area (Å²) in [6.07, 6.45) is 0.915. The largest absolute Gasteiger partial charge is 0.494 e. The molecule has 0 radical (unpaired) electrons. The minimum Gasteiger partial charge on any atom is -0.494 e. The Labute approximate surface area is 194 Å². The van der Waals surface area contributed by atoms with E-state index in [0.29, 0.717) is 35.7 Å². The van der Waals surface area contributed by atoms with Crippen LogP contribution in [0.5, 0.6) is 5.75 Å². The summed E-state index contributed by atoms with van der Waals surface area (Å²) in [5.74, 6) is 0.0941. The molecule has 3 aromatic carbocycles. The lowest BCUT2D eigenvalue weighted by Crippen LogP contribution is -2.35. The highest BCUT2D eigenvalue weighted by atomic mass is 16.5. The van der Waals surface area contributed by atoms with Crippen molar-refractivity contribution in [2.75, 3.05) is 23.0 Å². The van der Waals surface area contributed by atoms with Crippen LogP contribution in [0.3, 0.4) is 0 Å². The van der Waals surface area contributed by atoms with E-state index in [1.54, 1.807) is 0 Å². The molecule has 5 nitrogen and oxygen atoms in total. The van der Waals surface area contributed by atoms with Crippen LogP contribution >= 0.6 is 0 Å². The summed E-state index contributed by atoms with van der Waals surface area (Å²) in [5, 5.41) is 0. The second kappa shape index (κ2) is 9.74. The molecule has 0 spiro atoms. The van der Waals surface area contributed by atoms with Crippen molar-refractivity contribution in [2.45, 2.75) is 27.2 Å². The van der Waals surface area contributed by atoms with Crippen LogP contribution in [0.2, 0.25) is 0 Å². The van der Waals surface area contributed by atoms with E-state index in [1.165, 1.54) is 4.90 Å². The van der Waals surface area contributed by atoms with Gasteiger partial charge >= 0.3 is 0 Å². The Hall–Kier alpha value is -3.86. The second-order valence-electron chi connectivity index (χ2n) is 7.96. The highest BCUT2D eigenvalue weighted by Gasteiger charge is 2.42. The fraction of sp³-hybridized carbons (Fsp3) is 0.214. The third-order valence-corrected chi connectivity index (χ3v) is 5.62. The normalized spacial score (nSPS) is 13.6. The van der Waals surface area contributed by atoms with Gasteiger partial charge in [0.05, 0.1) is 17.9 Å². The van der Waals surface area contributed by atoms with Gasteiger partial charge in [0.25, 0.3) is 11.8 Å². The number of likely N-dealkylation sites (N-methyl/N-ethyl adjacent to an activating group) is 1. The van der Waals surface area contributed by atoms with E-state index in [4.69, 9.17) is 4.74 Å². The highest BCUT2D eigenvalue weighted by Crippen LogP contribution is 2.37. The van der Waals surface area contributed by atoms with Crippen LogP contribution < -0.4 is 14.5 Å². The van der Waals surface area contributed by atoms with Gasteiger partial charge in [-0.1, -0.05) is 55.0 Å². The molecule has 4 rings (SSSR count). The van der Waals surface area contributed by atoms with Gasteiger partial charge in [0.1, 0.15) is 11.4 Å². The number of aryl methyl sites for hydroxylation is 1. The van der Waals surface area contributed by atoms with Crippen LogP contribution in [-0.2, 0) is 9.59 Å². The van der Waals surface area contributed by atoms with Crippen molar-refractivity contribution in [3.05, 3.63) is 95.7 Å². The molecular formula is C28H28N2O3. The molecule has 0 fully saturated rings. The minimum atomic E-state index is -0.324. The standard InChI is InChI=1S/C28H28N2O3/c1-4-19-33-24-17-13-21(14-18-24)25-26(29(5-2)22-9-7-6-8-10-22)28(32)30(27(25)31)23-15-11-20(3)12-16-23/h6-18H,4-5,19H2,1-3H3. The lowest BCUT2D eigenvalue weighted by Gasteiger charge is -2.25. The van der Waals surface area contributed by atoms with Crippen LogP contribution in [-0.4, -0.2) is 25.0 Å². The highest BCUT2D eigenvalue weighted by molar-refractivity contribution is 6.46. The fourth-order valence-corrected chi connectivity index (χ4v) is 3.97. The number of hydrogen-bond acceptors (Lipinski definition) is 4. The Morgan fingerprint density at radius 2 is 1.48 bits per heavy atom. The quantitative estimate of drug-likeness (QED) is 0.428. The van der Waals surface area contributed by atoms with E-state index in [9.17, 15) is 9.59 Å². The van der Waals surface area contributed by atoms with Gasteiger partial charge in [0.2, 0.25) is 0 Å². The van der Waals surface area contributed by atoms with E-state index >= 15 is 0 Å². The minimum absolute atomic E-state index is 0.323. The van der Waals surface area contributed by atoms with Gasteiger partial charge in [-0.2, -0.15) is 0 Å². The smallest absolute Gasteiger partial charge is 0.282 e. The van der Waals surface area contributed by atoms with Crippen molar-refractivity contribution in [3.8, 4) is 5.75 Å². The molecule has 33 heavy (non-hydrogen) atoms. The lowest BCUT2D eigenvalue weighted by atomic mass is 10.0. The number of carbonyl (C=O) groups excluding carboxylic acids is 2. The molecule has 0 saturated heterocycles. The van der Waals surface area contributed by atoms with Gasteiger partial charge < -0.3 is 9.64 Å². The Kier molecular flexibility index (Phi) is 6.59. The molecule has 1 aliphatic heterocycles. The van der Waals surface area contributed by atoms with Crippen LogP contribution in [0.1, 0.15) is 31.4 Å². The third kappa shape index (κ3) is 4.40. The third-order valence-electron chi connectivity index (χ3n) is 5.62. The molecule has 0 saturated carbocycles.